The summed E-state index contributed by atoms with van der Waals surface area (Å²) < 4.78 is 77.1. The highest BCUT2D eigenvalue weighted by Gasteiger charge is 2.43. The van der Waals surface area contributed by atoms with Crippen LogP contribution in [0.1, 0.15) is 17.2 Å². The van der Waals surface area contributed by atoms with Gasteiger partial charge >= 0.3 is 12.4 Å². The molecule has 1 aromatic heterocycles. The van der Waals surface area contributed by atoms with Gasteiger partial charge in [0.2, 0.25) is 5.82 Å². The molecule has 1 aromatic carbocycles. The number of hydrogen-bond acceptors (Lipinski definition) is 3. The van der Waals surface area contributed by atoms with Crippen LogP contribution in [0.3, 0.4) is 0 Å². The fourth-order valence-electron chi connectivity index (χ4n) is 1.68. The molecule has 4 nitrogen and oxygen atoms in total. The molecular weight excluding hydrogens is 462 g/mol. The first-order valence-corrected chi connectivity index (χ1v) is 7.31. The number of anilines is 1. The predicted molar refractivity (Wildman–Crippen MR) is 75.4 cm³/mol. The van der Waals surface area contributed by atoms with Crippen molar-refractivity contribution < 1.29 is 26.3 Å². The SMILES string of the molecule is Nc1c(Br)cc(Cn2nc(C(F)(F)F)nc2C(F)(F)F)cc1Br. The molecule has 0 aliphatic carbocycles. The number of hydrogen-bond donors (Lipinski definition) is 1. The van der Waals surface area contributed by atoms with E-state index >= 15 is 0 Å². The van der Waals surface area contributed by atoms with Crippen LogP contribution >= 0.6 is 31.9 Å². The minimum atomic E-state index is -5.08. The molecule has 2 rings (SSSR count). The molecule has 0 saturated heterocycles. The summed E-state index contributed by atoms with van der Waals surface area (Å²) in [5, 5.41) is 2.92. The molecule has 0 fully saturated rings. The fraction of sp³-hybridized carbons (Fsp3) is 0.273. The van der Waals surface area contributed by atoms with Crippen LogP contribution in [-0.2, 0) is 18.9 Å². The molecule has 0 unspecified atom stereocenters. The number of nitrogens with two attached hydrogens (primary N) is 1. The van der Waals surface area contributed by atoms with Crippen LogP contribution in [0.15, 0.2) is 21.1 Å². The van der Waals surface area contributed by atoms with Gasteiger partial charge in [-0.1, -0.05) is 0 Å². The van der Waals surface area contributed by atoms with Gasteiger partial charge in [-0.3, -0.25) is 0 Å². The van der Waals surface area contributed by atoms with Crippen molar-refractivity contribution in [3.05, 3.63) is 38.3 Å². The monoisotopic (exact) mass is 466 g/mol. The van der Waals surface area contributed by atoms with Crippen LogP contribution in [0, 0.1) is 0 Å². The average molecular weight is 468 g/mol. The molecule has 0 aliphatic rings. The van der Waals surface area contributed by atoms with Crippen LogP contribution < -0.4 is 5.73 Å². The molecule has 0 radical (unpaired) electrons. The number of benzene rings is 1. The molecule has 126 valence electrons. The quantitative estimate of drug-likeness (QED) is 0.523. The Labute approximate surface area is 141 Å². The lowest BCUT2D eigenvalue weighted by atomic mass is 10.2. The Bertz CT molecular complexity index is 714. The van der Waals surface area contributed by atoms with E-state index < -0.39 is 30.5 Å². The molecule has 2 aromatic rings. The zero-order valence-corrected chi connectivity index (χ0v) is 14.0. The molecule has 23 heavy (non-hydrogen) atoms. The molecule has 0 atom stereocenters. The van der Waals surface area contributed by atoms with Crippen molar-refractivity contribution in [3.63, 3.8) is 0 Å². The highest BCUT2D eigenvalue weighted by Crippen LogP contribution is 2.34. The van der Waals surface area contributed by atoms with E-state index in [-0.39, 0.29) is 10.2 Å². The van der Waals surface area contributed by atoms with E-state index in [1.165, 1.54) is 12.1 Å². The van der Waals surface area contributed by atoms with Crippen molar-refractivity contribution in [2.75, 3.05) is 5.73 Å². The predicted octanol–water partition coefficient (Wildman–Crippen LogP) is 4.47. The van der Waals surface area contributed by atoms with Crippen LogP contribution in [0.25, 0.3) is 0 Å². The lowest BCUT2D eigenvalue weighted by Crippen LogP contribution is -2.16. The van der Waals surface area contributed by atoms with Gasteiger partial charge in [0, 0.05) is 8.95 Å². The van der Waals surface area contributed by atoms with Crippen molar-refractivity contribution in [1.29, 1.82) is 0 Å². The summed E-state index contributed by atoms with van der Waals surface area (Å²) in [5.74, 6) is -3.58. The molecule has 0 bridgehead atoms. The second-order valence-corrected chi connectivity index (χ2v) is 6.09. The molecule has 2 N–H and O–H groups in total. The van der Waals surface area contributed by atoms with Gasteiger partial charge < -0.3 is 5.73 Å². The first kappa shape index (κ1) is 18.0. The third-order valence-corrected chi connectivity index (χ3v) is 3.96. The Morgan fingerprint density at radius 1 is 1.00 bits per heavy atom. The number of alkyl halides is 6. The van der Waals surface area contributed by atoms with E-state index in [4.69, 9.17) is 5.73 Å². The summed E-state index contributed by atoms with van der Waals surface area (Å²) in [6.45, 7) is -0.560. The number of halogens is 8. The Morgan fingerprint density at radius 2 is 1.52 bits per heavy atom. The van der Waals surface area contributed by atoms with Crippen LogP contribution in [0.4, 0.5) is 32.0 Å². The normalized spacial score (nSPS) is 12.7. The largest absolute Gasteiger partial charge is 0.453 e. The molecule has 0 saturated carbocycles. The summed E-state index contributed by atoms with van der Waals surface area (Å²) >= 11 is 6.21. The van der Waals surface area contributed by atoms with Gasteiger partial charge in [-0.25, -0.2) is 4.68 Å². The highest BCUT2D eigenvalue weighted by atomic mass is 79.9. The number of rotatable bonds is 2. The van der Waals surface area contributed by atoms with Crippen LogP contribution in [-0.4, -0.2) is 14.8 Å². The van der Waals surface area contributed by atoms with Crippen molar-refractivity contribution >= 4 is 37.5 Å². The molecule has 0 aliphatic heterocycles. The maximum absolute atomic E-state index is 12.8. The van der Waals surface area contributed by atoms with Gasteiger partial charge in [0.05, 0.1) is 12.2 Å². The molecule has 12 heteroatoms. The highest BCUT2D eigenvalue weighted by molar-refractivity contribution is 9.11. The standard InChI is InChI=1S/C11H6Br2F6N4/c12-5-1-4(2-6(13)7(5)20)3-23-9(11(17,18)19)21-8(22-23)10(14,15)16/h1-2H,3,20H2. The Hall–Kier alpha value is -1.30. The zero-order chi connectivity index (χ0) is 17.6. The summed E-state index contributed by atoms with van der Waals surface area (Å²) in [7, 11) is 0. The first-order chi connectivity index (χ1) is 10.4. The van der Waals surface area contributed by atoms with Gasteiger partial charge in [0.15, 0.2) is 0 Å². The lowest BCUT2D eigenvalue weighted by molar-refractivity contribution is -0.150. The maximum atomic E-state index is 12.8. The van der Waals surface area contributed by atoms with Crippen LogP contribution in [0.2, 0.25) is 0 Å². The number of nitrogen functional groups attached to an aromatic ring is 1. The van der Waals surface area contributed by atoms with E-state index in [0.717, 1.165) is 0 Å². The fourth-order valence-corrected chi connectivity index (χ4v) is 2.96. The molecule has 1 heterocycles. The maximum Gasteiger partial charge on any atom is 0.453 e. The third kappa shape index (κ3) is 3.97. The minimum Gasteiger partial charge on any atom is -0.397 e. The Kier molecular flexibility index (Phi) is 4.68. The van der Waals surface area contributed by atoms with E-state index in [2.05, 4.69) is 41.9 Å². The van der Waals surface area contributed by atoms with Gasteiger partial charge in [0.25, 0.3) is 5.82 Å². The second kappa shape index (κ2) is 5.96. The van der Waals surface area contributed by atoms with Crippen molar-refractivity contribution in [3.8, 4) is 0 Å². The Balaban J connectivity index is 2.49. The van der Waals surface area contributed by atoms with Crippen molar-refractivity contribution in [1.82, 2.24) is 14.8 Å². The van der Waals surface area contributed by atoms with Crippen LogP contribution in [0.5, 0.6) is 0 Å². The van der Waals surface area contributed by atoms with Gasteiger partial charge in [-0.15, -0.1) is 5.10 Å². The van der Waals surface area contributed by atoms with Gasteiger partial charge in [0.1, 0.15) is 0 Å². The molecule has 0 spiro atoms. The summed E-state index contributed by atoms with van der Waals surface area (Å²) in [6, 6.07) is 2.77. The second-order valence-electron chi connectivity index (χ2n) is 4.39. The minimum absolute atomic E-state index is 0.160. The summed E-state index contributed by atoms with van der Waals surface area (Å²) in [4.78, 5) is 2.57. The zero-order valence-electron chi connectivity index (χ0n) is 10.8. The third-order valence-electron chi connectivity index (χ3n) is 2.65. The molecule has 0 amide bonds. The average Bonchev–Trinajstić information content (AvgIpc) is 2.79. The number of nitrogens with zero attached hydrogens (tertiary/aromatic N) is 3. The lowest BCUT2D eigenvalue weighted by Gasteiger charge is -2.10. The summed E-state index contributed by atoms with van der Waals surface area (Å²) in [6.07, 6.45) is -10.1. The van der Waals surface area contributed by atoms with Crippen molar-refractivity contribution in [2.45, 2.75) is 18.9 Å². The number of aromatic nitrogens is 3. The van der Waals surface area contributed by atoms with E-state index in [1.807, 2.05) is 0 Å². The summed E-state index contributed by atoms with van der Waals surface area (Å²) in [5.41, 5.74) is 6.20. The van der Waals surface area contributed by atoms with E-state index in [9.17, 15) is 26.3 Å². The van der Waals surface area contributed by atoms with Gasteiger partial charge in [-0.05, 0) is 49.6 Å². The molecular formula is C11H6Br2F6N4. The Morgan fingerprint density at radius 3 is 1.96 bits per heavy atom. The van der Waals surface area contributed by atoms with E-state index in [0.29, 0.717) is 14.6 Å². The smallest absolute Gasteiger partial charge is 0.397 e. The van der Waals surface area contributed by atoms with Gasteiger partial charge in [-0.2, -0.15) is 31.3 Å². The van der Waals surface area contributed by atoms with E-state index in [1.54, 1.807) is 0 Å². The first-order valence-electron chi connectivity index (χ1n) is 5.72. The topological polar surface area (TPSA) is 56.7 Å². The van der Waals surface area contributed by atoms with Crippen molar-refractivity contribution in [2.24, 2.45) is 0 Å².